The van der Waals surface area contributed by atoms with Crippen LogP contribution < -0.4 is 9.47 Å². The Hall–Kier alpha value is -2.24. The summed E-state index contributed by atoms with van der Waals surface area (Å²) in [6.07, 6.45) is 1.23. The summed E-state index contributed by atoms with van der Waals surface area (Å²) >= 11 is 6.54. The minimum Gasteiger partial charge on any atom is -0.497 e. The van der Waals surface area contributed by atoms with E-state index in [9.17, 15) is 9.90 Å². The molecule has 0 saturated carbocycles. The zero-order chi connectivity index (χ0) is 19.4. The summed E-state index contributed by atoms with van der Waals surface area (Å²) in [5.41, 5.74) is 1.93. The first-order valence-corrected chi connectivity index (χ1v) is 9.36. The molecule has 1 unspecified atom stereocenters. The molecule has 1 aliphatic rings. The average molecular weight is 390 g/mol. The molecule has 2 aromatic rings. The van der Waals surface area contributed by atoms with Crippen molar-refractivity contribution < 1.29 is 19.4 Å². The van der Waals surface area contributed by atoms with Crippen LogP contribution in [0.1, 0.15) is 30.0 Å². The van der Waals surface area contributed by atoms with Gasteiger partial charge in [0.2, 0.25) is 0 Å². The number of aliphatic carboxylic acids is 1. The second-order valence-electron chi connectivity index (χ2n) is 6.68. The van der Waals surface area contributed by atoms with Crippen molar-refractivity contribution in [1.29, 1.82) is 0 Å². The fourth-order valence-corrected chi connectivity index (χ4v) is 3.95. The molecule has 1 atom stereocenters. The normalized spacial score (nSPS) is 16.7. The van der Waals surface area contributed by atoms with E-state index in [0.717, 1.165) is 22.6 Å². The van der Waals surface area contributed by atoms with E-state index in [2.05, 4.69) is 4.90 Å². The van der Waals surface area contributed by atoms with E-state index < -0.39 is 5.97 Å². The Morgan fingerprint density at radius 3 is 2.41 bits per heavy atom. The lowest BCUT2D eigenvalue weighted by Gasteiger charge is -2.38. The molecular formula is C21H24ClNO4. The van der Waals surface area contributed by atoms with Crippen LogP contribution in [0.5, 0.6) is 11.5 Å². The van der Waals surface area contributed by atoms with Crippen molar-refractivity contribution in [3.05, 3.63) is 58.6 Å². The molecule has 1 saturated heterocycles. The van der Waals surface area contributed by atoms with Gasteiger partial charge in [-0.2, -0.15) is 0 Å². The molecule has 0 aromatic heterocycles. The molecule has 1 fully saturated rings. The van der Waals surface area contributed by atoms with Crippen molar-refractivity contribution in [2.75, 3.05) is 27.3 Å². The van der Waals surface area contributed by atoms with E-state index in [4.69, 9.17) is 21.1 Å². The summed E-state index contributed by atoms with van der Waals surface area (Å²) < 4.78 is 11.0. The number of hydrogen-bond acceptors (Lipinski definition) is 4. The largest absolute Gasteiger partial charge is 0.497 e. The average Bonchev–Trinajstić information content (AvgIpc) is 2.70. The van der Waals surface area contributed by atoms with Gasteiger partial charge in [-0.15, -0.1) is 0 Å². The maximum Gasteiger partial charge on any atom is 0.306 e. The molecular weight excluding hydrogens is 366 g/mol. The summed E-state index contributed by atoms with van der Waals surface area (Å²) in [6.45, 7) is 1.35. The fourth-order valence-electron chi connectivity index (χ4n) is 3.72. The lowest BCUT2D eigenvalue weighted by atomic mass is 9.90. The lowest BCUT2D eigenvalue weighted by Crippen LogP contribution is -2.39. The van der Waals surface area contributed by atoms with Crippen molar-refractivity contribution in [1.82, 2.24) is 4.90 Å². The SMILES string of the molecule is COc1ccc(OC)c(C(c2ccccc2Cl)N2CCC(C(=O)O)CC2)c1. The summed E-state index contributed by atoms with van der Waals surface area (Å²) in [6, 6.07) is 13.3. The second kappa shape index (κ2) is 8.63. The van der Waals surface area contributed by atoms with Crippen LogP contribution in [0.15, 0.2) is 42.5 Å². The molecule has 0 amide bonds. The first-order valence-electron chi connectivity index (χ1n) is 8.98. The quantitative estimate of drug-likeness (QED) is 0.800. The number of rotatable bonds is 6. The van der Waals surface area contributed by atoms with Crippen LogP contribution in [0.2, 0.25) is 5.02 Å². The van der Waals surface area contributed by atoms with E-state index in [1.54, 1.807) is 14.2 Å². The Kier molecular flexibility index (Phi) is 6.24. The molecule has 1 heterocycles. The maximum absolute atomic E-state index is 11.3. The molecule has 0 aliphatic carbocycles. The molecule has 144 valence electrons. The Morgan fingerprint density at radius 1 is 1.11 bits per heavy atom. The number of likely N-dealkylation sites (tertiary alicyclic amines) is 1. The number of benzene rings is 2. The van der Waals surface area contributed by atoms with Gasteiger partial charge in [-0.1, -0.05) is 29.8 Å². The van der Waals surface area contributed by atoms with Crippen LogP contribution in [-0.4, -0.2) is 43.3 Å². The van der Waals surface area contributed by atoms with E-state index in [1.165, 1.54) is 0 Å². The number of methoxy groups -OCH3 is 2. The van der Waals surface area contributed by atoms with E-state index in [0.29, 0.717) is 31.0 Å². The zero-order valence-corrected chi connectivity index (χ0v) is 16.3. The lowest BCUT2D eigenvalue weighted by molar-refractivity contribution is -0.143. The third-order valence-electron chi connectivity index (χ3n) is 5.18. The van der Waals surface area contributed by atoms with Crippen molar-refractivity contribution in [3.8, 4) is 11.5 Å². The van der Waals surface area contributed by atoms with Crippen LogP contribution >= 0.6 is 11.6 Å². The number of hydrogen-bond donors (Lipinski definition) is 1. The monoisotopic (exact) mass is 389 g/mol. The van der Waals surface area contributed by atoms with Gasteiger partial charge in [-0.3, -0.25) is 9.69 Å². The highest BCUT2D eigenvalue weighted by atomic mass is 35.5. The molecule has 0 radical (unpaired) electrons. The minimum absolute atomic E-state index is 0.140. The molecule has 27 heavy (non-hydrogen) atoms. The molecule has 0 spiro atoms. The van der Waals surface area contributed by atoms with Gasteiger partial charge in [-0.05, 0) is 55.8 Å². The summed E-state index contributed by atoms with van der Waals surface area (Å²) in [5.74, 6) is 0.479. The third kappa shape index (κ3) is 4.20. The predicted molar refractivity (Wildman–Crippen MR) is 105 cm³/mol. The highest BCUT2D eigenvalue weighted by Gasteiger charge is 2.32. The van der Waals surface area contributed by atoms with Gasteiger partial charge in [0.15, 0.2) is 0 Å². The van der Waals surface area contributed by atoms with Crippen LogP contribution in [0.4, 0.5) is 0 Å². The Labute approximate surface area is 164 Å². The van der Waals surface area contributed by atoms with Crippen LogP contribution in [-0.2, 0) is 4.79 Å². The second-order valence-corrected chi connectivity index (χ2v) is 7.09. The number of nitrogens with zero attached hydrogens (tertiary/aromatic N) is 1. The van der Waals surface area contributed by atoms with Crippen molar-refractivity contribution in [2.45, 2.75) is 18.9 Å². The minimum atomic E-state index is -0.720. The van der Waals surface area contributed by atoms with E-state index in [-0.39, 0.29) is 12.0 Å². The Balaban J connectivity index is 2.04. The van der Waals surface area contributed by atoms with Gasteiger partial charge in [0.25, 0.3) is 0 Å². The van der Waals surface area contributed by atoms with Gasteiger partial charge in [-0.25, -0.2) is 0 Å². The predicted octanol–water partition coefficient (Wildman–Crippen LogP) is 4.24. The topological polar surface area (TPSA) is 59.0 Å². The molecule has 1 aliphatic heterocycles. The van der Waals surface area contributed by atoms with Gasteiger partial charge >= 0.3 is 5.97 Å². The number of carbonyl (C=O) groups is 1. The number of piperidine rings is 1. The fraction of sp³-hybridized carbons (Fsp3) is 0.381. The molecule has 0 bridgehead atoms. The van der Waals surface area contributed by atoms with Gasteiger partial charge in [0.05, 0.1) is 26.2 Å². The van der Waals surface area contributed by atoms with Crippen molar-refractivity contribution >= 4 is 17.6 Å². The summed E-state index contributed by atoms with van der Waals surface area (Å²) in [7, 11) is 3.28. The van der Waals surface area contributed by atoms with E-state index >= 15 is 0 Å². The van der Waals surface area contributed by atoms with Crippen LogP contribution in [0.25, 0.3) is 0 Å². The van der Waals surface area contributed by atoms with Gasteiger partial charge < -0.3 is 14.6 Å². The van der Waals surface area contributed by atoms with Crippen LogP contribution in [0.3, 0.4) is 0 Å². The first kappa shape index (κ1) is 19.5. The Bertz CT molecular complexity index is 803. The number of halogens is 1. The number of carboxylic acids is 1. The van der Waals surface area contributed by atoms with E-state index in [1.807, 2.05) is 42.5 Å². The molecule has 5 nitrogen and oxygen atoms in total. The summed E-state index contributed by atoms with van der Waals surface area (Å²) in [5, 5.41) is 9.99. The molecule has 2 aromatic carbocycles. The highest BCUT2D eigenvalue weighted by Crippen LogP contribution is 2.41. The first-order chi connectivity index (χ1) is 13.0. The van der Waals surface area contributed by atoms with Crippen molar-refractivity contribution in [3.63, 3.8) is 0 Å². The Morgan fingerprint density at radius 2 is 1.81 bits per heavy atom. The van der Waals surface area contributed by atoms with Gasteiger partial charge in [0, 0.05) is 10.6 Å². The van der Waals surface area contributed by atoms with Crippen molar-refractivity contribution in [2.24, 2.45) is 5.92 Å². The van der Waals surface area contributed by atoms with Gasteiger partial charge in [0.1, 0.15) is 11.5 Å². The number of carboxylic acid groups (broad SMARTS) is 1. The number of ether oxygens (including phenoxy) is 2. The summed E-state index contributed by atoms with van der Waals surface area (Å²) in [4.78, 5) is 13.6. The highest BCUT2D eigenvalue weighted by molar-refractivity contribution is 6.31. The zero-order valence-electron chi connectivity index (χ0n) is 15.5. The smallest absolute Gasteiger partial charge is 0.306 e. The molecule has 1 N–H and O–H groups in total. The maximum atomic E-state index is 11.3. The standard InChI is InChI=1S/C21H24ClNO4/c1-26-15-7-8-19(27-2)17(13-15)20(16-5-3-4-6-18(16)22)23-11-9-14(10-12-23)21(24)25/h3-8,13-14,20H,9-12H2,1-2H3,(H,24,25). The molecule has 3 rings (SSSR count). The molecule has 6 heteroatoms. The van der Waals surface area contributed by atoms with Crippen LogP contribution in [0, 0.1) is 5.92 Å². The third-order valence-corrected chi connectivity index (χ3v) is 5.52.